The van der Waals surface area contributed by atoms with Gasteiger partial charge in [0.25, 0.3) is 5.91 Å². The Labute approximate surface area is 212 Å². The van der Waals surface area contributed by atoms with Gasteiger partial charge in [-0.3, -0.25) is 9.59 Å². The molecule has 7 nitrogen and oxygen atoms in total. The molecule has 2 amide bonds. The highest BCUT2D eigenvalue weighted by Gasteiger charge is 2.48. The zero-order chi connectivity index (χ0) is 25.1. The van der Waals surface area contributed by atoms with Crippen molar-refractivity contribution in [2.75, 3.05) is 7.11 Å². The van der Waals surface area contributed by atoms with Crippen molar-refractivity contribution in [3.8, 4) is 17.2 Å². The van der Waals surface area contributed by atoms with Crippen LogP contribution in [-0.2, 0) is 17.9 Å². The molecular formula is C29H35N3O4. The molecule has 190 valence electrons. The molecule has 2 aliphatic rings. The summed E-state index contributed by atoms with van der Waals surface area (Å²) in [6, 6.07) is 15.2. The quantitative estimate of drug-likeness (QED) is 0.503. The molecule has 5 rings (SSSR count). The van der Waals surface area contributed by atoms with E-state index in [1.165, 1.54) is 19.3 Å². The summed E-state index contributed by atoms with van der Waals surface area (Å²) < 4.78 is 13.1. The van der Waals surface area contributed by atoms with Crippen molar-refractivity contribution in [3.05, 3.63) is 66.1 Å². The number of nitrogens with one attached hydrogen (secondary N) is 1. The van der Waals surface area contributed by atoms with Crippen LogP contribution in [0.5, 0.6) is 5.75 Å². The van der Waals surface area contributed by atoms with Gasteiger partial charge in [0.2, 0.25) is 5.91 Å². The van der Waals surface area contributed by atoms with E-state index in [4.69, 9.17) is 9.15 Å². The first-order valence-corrected chi connectivity index (χ1v) is 13.0. The fraction of sp³-hybridized carbons (Fsp3) is 0.448. The van der Waals surface area contributed by atoms with E-state index in [9.17, 15) is 9.59 Å². The van der Waals surface area contributed by atoms with Crippen LogP contribution in [0, 0.1) is 0 Å². The molecule has 1 saturated carbocycles. The van der Waals surface area contributed by atoms with E-state index in [0.717, 1.165) is 36.9 Å². The summed E-state index contributed by atoms with van der Waals surface area (Å²) in [5, 5.41) is 3.34. The summed E-state index contributed by atoms with van der Waals surface area (Å²) in [5.41, 5.74) is 1.12. The molecule has 0 saturated heterocycles. The minimum Gasteiger partial charge on any atom is -0.496 e. The predicted molar refractivity (Wildman–Crippen MR) is 138 cm³/mol. The molecule has 1 N–H and O–H groups in total. The molecule has 1 aromatic carbocycles. The monoisotopic (exact) mass is 489 g/mol. The highest BCUT2D eigenvalue weighted by Crippen LogP contribution is 2.35. The molecule has 36 heavy (non-hydrogen) atoms. The first kappa shape index (κ1) is 24.2. The van der Waals surface area contributed by atoms with Crippen LogP contribution in [0.4, 0.5) is 0 Å². The van der Waals surface area contributed by atoms with Crippen LogP contribution in [-0.4, -0.2) is 40.0 Å². The SMILES string of the molecule is COc1ccccc1CN1C(=O)c2ccc(-c3ccco3)n2C[C@@]1(C)C(=O)NC1CCCCCCC1. The molecule has 0 unspecified atom stereocenters. The Bertz CT molecular complexity index is 1210. The van der Waals surface area contributed by atoms with Crippen molar-refractivity contribution in [1.82, 2.24) is 14.8 Å². The molecule has 7 heteroatoms. The van der Waals surface area contributed by atoms with Crippen LogP contribution >= 0.6 is 0 Å². The lowest BCUT2D eigenvalue weighted by molar-refractivity contribution is -0.134. The third kappa shape index (κ3) is 4.54. The smallest absolute Gasteiger partial charge is 0.271 e. The highest BCUT2D eigenvalue weighted by atomic mass is 16.5. The molecule has 3 aromatic rings. The fourth-order valence-corrected chi connectivity index (χ4v) is 5.61. The molecule has 0 radical (unpaired) electrons. The van der Waals surface area contributed by atoms with E-state index in [1.54, 1.807) is 18.3 Å². The minimum absolute atomic E-state index is 0.110. The molecule has 3 heterocycles. The second-order valence-electron chi connectivity index (χ2n) is 10.2. The lowest BCUT2D eigenvalue weighted by Gasteiger charge is -2.45. The van der Waals surface area contributed by atoms with Crippen molar-refractivity contribution in [2.45, 2.75) is 76.5 Å². The standard InChI is InChI=1S/C29H35N3O4/c1-29(28(34)30-22-12-6-4-3-5-7-13-22)20-31-23(26-15-10-18-36-26)16-17-24(31)27(33)32(29)19-21-11-8-9-14-25(21)35-2/h8-11,14-18,22H,3-7,12-13,19-20H2,1-2H3,(H,30,34)/t29-/m0/s1. The maximum Gasteiger partial charge on any atom is 0.271 e. The number of carbonyl (C=O) groups is 2. The molecular weight excluding hydrogens is 454 g/mol. The second kappa shape index (κ2) is 10.2. The second-order valence-corrected chi connectivity index (χ2v) is 10.2. The van der Waals surface area contributed by atoms with Crippen LogP contribution in [0.15, 0.2) is 59.2 Å². The zero-order valence-electron chi connectivity index (χ0n) is 21.2. The first-order chi connectivity index (χ1) is 17.5. The number of fused-ring (bicyclic) bond motifs is 1. The van der Waals surface area contributed by atoms with Crippen molar-refractivity contribution in [1.29, 1.82) is 0 Å². The van der Waals surface area contributed by atoms with Crippen LogP contribution in [0.3, 0.4) is 0 Å². The van der Waals surface area contributed by atoms with Crippen LogP contribution in [0.1, 0.15) is 67.9 Å². The number of hydrogen-bond donors (Lipinski definition) is 1. The number of para-hydroxylation sites is 1. The number of rotatable bonds is 6. The average molecular weight is 490 g/mol. The summed E-state index contributed by atoms with van der Waals surface area (Å²) in [6.45, 7) is 2.50. The Kier molecular flexibility index (Phi) is 6.90. The van der Waals surface area contributed by atoms with Crippen molar-refractivity contribution < 1.29 is 18.7 Å². The van der Waals surface area contributed by atoms with Crippen molar-refractivity contribution >= 4 is 11.8 Å². The molecule has 0 spiro atoms. The number of nitrogens with zero attached hydrogens (tertiary/aromatic N) is 2. The number of hydrogen-bond acceptors (Lipinski definition) is 4. The number of ether oxygens (including phenoxy) is 1. The highest BCUT2D eigenvalue weighted by molar-refractivity contribution is 6.00. The van der Waals surface area contributed by atoms with Gasteiger partial charge in [-0.25, -0.2) is 0 Å². The van der Waals surface area contributed by atoms with E-state index in [-0.39, 0.29) is 24.4 Å². The molecule has 1 fully saturated rings. The Balaban J connectivity index is 1.51. The largest absolute Gasteiger partial charge is 0.496 e. The number of carbonyl (C=O) groups excluding carboxylic acids is 2. The third-order valence-electron chi connectivity index (χ3n) is 7.73. The van der Waals surface area contributed by atoms with Gasteiger partial charge in [-0.1, -0.05) is 50.3 Å². The molecule has 1 atom stereocenters. The van der Waals surface area contributed by atoms with Crippen molar-refractivity contribution in [3.63, 3.8) is 0 Å². The van der Waals surface area contributed by atoms with E-state index in [0.29, 0.717) is 23.7 Å². The third-order valence-corrected chi connectivity index (χ3v) is 7.73. The predicted octanol–water partition coefficient (Wildman–Crippen LogP) is 5.40. The first-order valence-electron chi connectivity index (χ1n) is 13.0. The summed E-state index contributed by atoms with van der Waals surface area (Å²) >= 11 is 0. The van der Waals surface area contributed by atoms with E-state index >= 15 is 0 Å². The van der Waals surface area contributed by atoms with Crippen LogP contribution in [0.25, 0.3) is 11.5 Å². The Morgan fingerprint density at radius 2 is 1.75 bits per heavy atom. The topological polar surface area (TPSA) is 76.7 Å². The summed E-state index contributed by atoms with van der Waals surface area (Å²) in [4.78, 5) is 29.7. The summed E-state index contributed by atoms with van der Waals surface area (Å²) in [5.74, 6) is 1.08. The van der Waals surface area contributed by atoms with Gasteiger partial charge >= 0.3 is 0 Å². The lowest BCUT2D eigenvalue weighted by atomic mass is 9.91. The van der Waals surface area contributed by atoms with Gasteiger partial charge in [0.05, 0.1) is 32.2 Å². The van der Waals surface area contributed by atoms with Crippen molar-refractivity contribution in [2.24, 2.45) is 0 Å². The van der Waals surface area contributed by atoms with Gasteiger partial charge in [-0.2, -0.15) is 0 Å². The van der Waals surface area contributed by atoms with E-state index in [1.807, 2.05) is 60.0 Å². The molecule has 0 bridgehead atoms. The molecule has 2 aromatic heterocycles. The summed E-state index contributed by atoms with van der Waals surface area (Å²) in [6.07, 6.45) is 9.51. The number of aromatic nitrogens is 1. The van der Waals surface area contributed by atoms with Crippen LogP contribution in [0.2, 0.25) is 0 Å². The normalized spacial score (nSPS) is 20.9. The Hall–Kier alpha value is -3.48. The maximum absolute atomic E-state index is 14.0. The number of furan rings is 1. The van der Waals surface area contributed by atoms with E-state index in [2.05, 4.69) is 5.32 Å². The molecule has 1 aliphatic carbocycles. The summed E-state index contributed by atoms with van der Waals surface area (Å²) in [7, 11) is 1.62. The van der Waals surface area contributed by atoms with Gasteiger partial charge in [0.15, 0.2) is 0 Å². The minimum atomic E-state index is -1.09. The van der Waals surface area contributed by atoms with Gasteiger partial charge in [0.1, 0.15) is 22.7 Å². The van der Waals surface area contributed by atoms with Gasteiger partial charge < -0.3 is 23.9 Å². The number of amides is 2. The lowest BCUT2D eigenvalue weighted by Crippen LogP contribution is -2.64. The van der Waals surface area contributed by atoms with Gasteiger partial charge in [-0.15, -0.1) is 0 Å². The number of benzene rings is 1. The Morgan fingerprint density at radius 3 is 2.47 bits per heavy atom. The van der Waals surface area contributed by atoms with Gasteiger partial charge in [-0.05, 0) is 50.1 Å². The maximum atomic E-state index is 14.0. The fourth-order valence-electron chi connectivity index (χ4n) is 5.61. The van der Waals surface area contributed by atoms with Gasteiger partial charge in [0, 0.05) is 11.6 Å². The Morgan fingerprint density at radius 1 is 1.03 bits per heavy atom. The zero-order valence-corrected chi connectivity index (χ0v) is 21.2. The van der Waals surface area contributed by atoms with E-state index < -0.39 is 5.54 Å². The average Bonchev–Trinajstić information content (AvgIpc) is 3.53. The molecule has 1 aliphatic heterocycles. The number of methoxy groups -OCH3 is 1. The van der Waals surface area contributed by atoms with Crippen LogP contribution < -0.4 is 10.1 Å².